The lowest BCUT2D eigenvalue weighted by atomic mass is 9.93. The lowest BCUT2D eigenvalue weighted by molar-refractivity contribution is -0.144. The molecule has 0 bridgehead atoms. The molecule has 1 aliphatic heterocycles. The molecule has 0 spiro atoms. The largest absolute Gasteiger partial charge is 0.475 e. The van der Waals surface area contributed by atoms with Crippen LogP contribution in [-0.2, 0) is 14.9 Å². The van der Waals surface area contributed by atoms with E-state index in [1.807, 2.05) is 37.3 Å². The molecule has 0 unspecified atom stereocenters. The first kappa shape index (κ1) is 32.0. The van der Waals surface area contributed by atoms with Crippen molar-refractivity contribution in [1.29, 1.82) is 0 Å². The van der Waals surface area contributed by atoms with Gasteiger partial charge in [-0.05, 0) is 61.6 Å². The molecule has 11 heteroatoms. The molecule has 1 aromatic carbocycles. The highest BCUT2D eigenvalue weighted by molar-refractivity contribution is 7.16. The molecule has 2 N–H and O–H groups in total. The van der Waals surface area contributed by atoms with Crippen LogP contribution in [0.25, 0.3) is 11.1 Å². The third-order valence-corrected chi connectivity index (χ3v) is 8.93. The number of ether oxygens (including phenoxy) is 2. The number of carbonyl (C=O) groups excluding carboxylic acids is 3. The normalized spacial score (nSPS) is 14.9. The summed E-state index contributed by atoms with van der Waals surface area (Å²) in [4.78, 5) is 48.6. The number of nitrogens with zero attached hydrogens (tertiary/aromatic N) is 3. The number of hydrogen-bond donors (Lipinski definition) is 2. The van der Waals surface area contributed by atoms with E-state index in [1.54, 1.807) is 50.1 Å². The molecule has 0 aliphatic carbocycles. The molecule has 0 atom stereocenters. The minimum atomic E-state index is -1.01. The van der Waals surface area contributed by atoms with Crippen molar-refractivity contribution in [3.05, 3.63) is 58.6 Å². The van der Waals surface area contributed by atoms with Crippen molar-refractivity contribution >= 4 is 39.9 Å². The molecule has 2 aromatic heterocycles. The Hall–Kier alpha value is -3.96. The zero-order valence-corrected chi connectivity index (χ0v) is 27.0. The van der Waals surface area contributed by atoms with E-state index >= 15 is 0 Å². The van der Waals surface area contributed by atoms with Gasteiger partial charge in [0.15, 0.2) is 0 Å². The Morgan fingerprint density at radius 3 is 2.47 bits per heavy atom. The molecule has 1 fully saturated rings. The fourth-order valence-electron chi connectivity index (χ4n) is 4.86. The van der Waals surface area contributed by atoms with Crippen LogP contribution in [0.2, 0.25) is 0 Å². The molecule has 1 aliphatic rings. The minimum Gasteiger partial charge on any atom is -0.475 e. The average molecular weight is 608 g/mol. The fourth-order valence-corrected chi connectivity index (χ4v) is 5.96. The van der Waals surface area contributed by atoms with E-state index in [9.17, 15) is 14.4 Å². The number of rotatable bonds is 8. The Morgan fingerprint density at radius 2 is 1.81 bits per heavy atom. The van der Waals surface area contributed by atoms with Crippen LogP contribution in [0.5, 0.6) is 5.88 Å². The molecule has 0 radical (unpaired) electrons. The summed E-state index contributed by atoms with van der Waals surface area (Å²) in [6.45, 7) is 13.4. The lowest BCUT2D eigenvalue weighted by Crippen LogP contribution is -2.63. The standard InChI is InChI=1S/C32H41N5O5S/c1-20-9-11-22(17-23(20)21-10-12-26(33-19-21)42-16-15-41-8)34-30(40)35-27-24(18-25(43-27)31(2,3)4)28(38)37-14-13-36(7)29(39)32(37,5)6/h9-12,17-19H,13-16H2,1-8H3,(H2,34,35,40). The van der Waals surface area contributed by atoms with Gasteiger partial charge in [0, 0.05) is 55.6 Å². The highest BCUT2D eigenvalue weighted by Crippen LogP contribution is 2.38. The molecule has 4 rings (SSSR count). The van der Waals surface area contributed by atoms with Gasteiger partial charge in [0.2, 0.25) is 11.8 Å². The Balaban J connectivity index is 1.55. The molecule has 230 valence electrons. The van der Waals surface area contributed by atoms with Crippen LogP contribution in [0.3, 0.4) is 0 Å². The zero-order valence-electron chi connectivity index (χ0n) is 26.2. The molecule has 4 amide bonds. The summed E-state index contributed by atoms with van der Waals surface area (Å²) in [5, 5.41) is 6.26. The third kappa shape index (κ3) is 7.17. The first-order valence-corrected chi connectivity index (χ1v) is 15.0. The van der Waals surface area contributed by atoms with Crippen molar-refractivity contribution in [2.24, 2.45) is 0 Å². The molecule has 3 heterocycles. The second-order valence-corrected chi connectivity index (χ2v) is 13.2. The number of thiophene rings is 1. The number of amides is 4. The molecule has 3 aromatic rings. The number of aryl methyl sites for hydroxylation is 1. The van der Waals surface area contributed by atoms with Crippen molar-refractivity contribution in [3.8, 4) is 17.0 Å². The van der Waals surface area contributed by atoms with Crippen LogP contribution in [-0.4, -0.2) is 78.6 Å². The maximum Gasteiger partial charge on any atom is 0.324 e. The SMILES string of the molecule is COCCOc1ccc(-c2cc(NC(=O)Nc3sc(C(C)(C)C)cc3C(=O)N3CCN(C)C(=O)C3(C)C)ccc2C)cn1. The summed E-state index contributed by atoms with van der Waals surface area (Å²) in [7, 11) is 3.36. The van der Waals surface area contributed by atoms with Gasteiger partial charge in [0.05, 0.1) is 12.2 Å². The molecule has 1 saturated heterocycles. The quantitative estimate of drug-likeness (QED) is 0.314. The van der Waals surface area contributed by atoms with E-state index in [0.29, 0.717) is 48.4 Å². The summed E-state index contributed by atoms with van der Waals surface area (Å²) in [5.74, 6) is 0.102. The van der Waals surface area contributed by atoms with Gasteiger partial charge in [0.1, 0.15) is 17.1 Å². The monoisotopic (exact) mass is 607 g/mol. The van der Waals surface area contributed by atoms with Gasteiger partial charge < -0.3 is 24.6 Å². The number of likely N-dealkylation sites (N-methyl/N-ethyl adjacent to an activating group) is 1. The van der Waals surface area contributed by atoms with Gasteiger partial charge >= 0.3 is 6.03 Å². The highest BCUT2D eigenvalue weighted by Gasteiger charge is 2.44. The van der Waals surface area contributed by atoms with Crippen LogP contribution in [0.15, 0.2) is 42.6 Å². The average Bonchev–Trinajstić information content (AvgIpc) is 3.37. The Kier molecular flexibility index (Phi) is 9.46. The van der Waals surface area contributed by atoms with E-state index < -0.39 is 11.6 Å². The summed E-state index contributed by atoms with van der Waals surface area (Å²) in [5.41, 5.74) is 2.53. The van der Waals surface area contributed by atoms with Crippen molar-refractivity contribution < 1.29 is 23.9 Å². The van der Waals surface area contributed by atoms with Gasteiger partial charge in [-0.1, -0.05) is 26.8 Å². The van der Waals surface area contributed by atoms with Crippen LogP contribution in [0, 0.1) is 6.92 Å². The lowest BCUT2D eigenvalue weighted by Gasteiger charge is -2.44. The second-order valence-electron chi connectivity index (χ2n) is 12.2. The second kappa shape index (κ2) is 12.7. The number of nitrogens with one attached hydrogen (secondary N) is 2. The van der Waals surface area contributed by atoms with Crippen LogP contribution in [0.1, 0.15) is 55.4 Å². The first-order valence-electron chi connectivity index (χ1n) is 14.2. The summed E-state index contributed by atoms with van der Waals surface area (Å²) >= 11 is 1.37. The third-order valence-electron chi connectivity index (χ3n) is 7.46. The smallest absolute Gasteiger partial charge is 0.324 e. The predicted octanol–water partition coefficient (Wildman–Crippen LogP) is 5.78. The molecular weight excluding hydrogens is 566 g/mol. The van der Waals surface area contributed by atoms with Gasteiger partial charge in [0.25, 0.3) is 5.91 Å². The molecule has 43 heavy (non-hydrogen) atoms. The Morgan fingerprint density at radius 1 is 1.07 bits per heavy atom. The predicted molar refractivity (Wildman–Crippen MR) is 170 cm³/mol. The number of piperazine rings is 1. The van der Waals surface area contributed by atoms with Crippen molar-refractivity contribution in [2.75, 3.05) is 51.1 Å². The molecular formula is C32H41N5O5S. The van der Waals surface area contributed by atoms with Crippen molar-refractivity contribution in [1.82, 2.24) is 14.8 Å². The van der Waals surface area contributed by atoms with Crippen LogP contribution in [0.4, 0.5) is 15.5 Å². The van der Waals surface area contributed by atoms with Crippen molar-refractivity contribution in [3.63, 3.8) is 0 Å². The number of pyridine rings is 1. The van der Waals surface area contributed by atoms with Gasteiger partial charge in [-0.15, -0.1) is 11.3 Å². The summed E-state index contributed by atoms with van der Waals surface area (Å²) in [6.07, 6.45) is 1.73. The number of methoxy groups -OCH3 is 1. The number of anilines is 2. The minimum absolute atomic E-state index is 0.121. The van der Waals surface area contributed by atoms with E-state index in [1.165, 1.54) is 11.3 Å². The first-order chi connectivity index (χ1) is 20.2. The number of carbonyl (C=O) groups is 3. The maximum absolute atomic E-state index is 13.9. The Bertz CT molecular complexity index is 1490. The number of hydrogen-bond acceptors (Lipinski definition) is 7. The highest BCUT2D eigenvalue weighted by atomic mass is 32.1. The van der Waals surface area contributed by atoms with E-state index in [2.05, 4.69) is 36.4 Å². The topological polar surface area (TPSA) is 113 Å². The van der Waals surface area contributed by atoms with Gasteiger partial charge in [-0.25, -0.2) is 9.78 Å². The molecule has 10 nitrogen and oxygen atoms in total. The zero-order chi connectivity index (χ0) is 31.5. The number of benzene rings is 1. The number of aromatic nitrogens is 1. The van der Waals surface area contributed by atoms with Crippen LogP contribution >= 0.6 is 11.3 Å². The van der Waals surface area contributed by atoms with Crippen molar-refractivity contribution in [2.45, 2.75) is 52.5 Å². The van der Waals surface area contributed by atoms with E-state index in [0.717, 1.165) is 21.6 Å². The maximum atomic E-state index is 13.9. The van der Waals surface area contributed by atoms with E-state index in [4.69, 9.17) is 9.47 Å². The van der Waals surface area contributed by atoms with E-state index in [-0.39, 0.29) is 17.2 Å². The van der Waals surface area contributed by atoms with Gasteiger partial charge in [-0.2, -0.15) is 0 Å². The summed E-state index contributed by atoms with van der Waals surface area (Å²) < 4.78 is 10.6. The molecule has 0 saturated carbocycles. The van der Waals surface area contributed by atoms with Crippen LogP contribution < -0.4 is 15.4 Å². The fraction of sp³-hybridized carbons (Fsp3) is 0.438. The number of urea groups is 1. The Labute approximate surface area is 257 Å². The van der Waals surface area contributed by atoms with Gasteiger partial charge in [-0.3, -0.25) is 14.9 Å². The summed E-state index contributed by atoms with van der Waals surface area (Å²) in [6, 6.07) is 10.7.